The van der Waals surface area contributed by atoms with Gasteiger partial charge in [-0.15, -0.1) is 0 Å². The van der Waals surface area contributed by atoms with Gasteiger partial charge in [0.15, 0.2) is 5.52 Å². The maximum absolute atomic E-state index is 11.1. The summed E-state index contributed by atoms with van der Waals surface area (Å²) in [5.74, 6) is 0. The fourth-order valence-electron chi connectivity index (χ4n) is 2.22. The van der Waals surface area contributed by atoms with E-state index >= 15 is 0 Å². The minimum atomic E-state index is -0.410. The molecular formula is C12H12N4O3. The van der Waals surface area contributed by atoms with Crippen molar-refractivity contribution in [1.82, 2.24) is 15.2 Å². The van der Waals surface area contributed by atoms with Gasteiger partial charge in [-0.05, 0) is 6.92 Å². The number of nitro benzene ring substituents is 1. The topological polar surface area (TPSA) is 96.8 Å². The average molecular weight is 260 g/mol. The number of hydrogen-bond donors (Lipinski definition) is 2. The number of aromatic amines is 2. The van der Waals surface area contributed by atoms with E-state index in [1.807, 2.05) is 6.92 Å². The second-order valence-electron chi connectivity index (χ2n) is 4.17. The number of rotatable bonds is 4. The Morgan fingerprint density at radius 2 is 2.37 bits per heavy atom. The molecule has 0 fully saturated rings. The van der Waals surface area contributed by atoms with Crippen LogP contribution >= 0.6 is 0 Å². The number of H-pyrrole nitrogens is 2. The van der Waals surface area contributed by atoms with Gasteiger partial charge in [0.05, 0.1) is 17.0 Å². The molecule has 0 aliphatic rings. The fourth-order valence-corrected chi connectivity index (χ4v) is 2.22. The minimum Gasteiger partial charge on any atom is -0.377 e. The quantitative estimate of drug-likeness (QED) is 0.556. The Bertz CT molecular complexity index is 759. The van der Waals surface area contributed by atoms with Gasteiger partial charge in [-0.2, -0.15) is 0 Å². The third-order valence-corrected chi connectivity index (χ3v) is 3.06. The van der Waals surface area contributed by atoms with Crippen LogP contribution in [0.25, 0.3) is 21.8 Å². The van der Waals surface area contributed by atoms with Crippen molar-refractivity contribution in [2.75, 3.05) is 6.61 Å². The molecule has 0 bridgehead atoms. The van der Waals surface area contributed by atoms with Crippen molar-refractivity contribution in [2.24, 2.45) is 0 Å². The number of ether oxygens (including phenoxy) is 1. The van der Waals surface area contributed by atoms with E-state index in [9.17, 15) is 10.1 Å². The van der Waals surface area contributed by atoms with Crippen molar-refractivity contribution in [3.63, 3.8) is 0 Å². The van der Waals surface area contributed by atoms with Crippen molar-refractivity contribution in [2.45, 2.75) is 13.5 Å². The van der Waals surface area contributed by atoms with Crippen LogP contribution in [0.15, 0.2) is 18.5 Å². The van der Waals surface area contributed by atoms with Gasteiger partial charge in [0.25, 0.3) is 5.69 Å². The lowest BCUT2D eigenvalue weighted by Gasteiger charge is -2.01. The van der Waals surface area contributed by atoms with E-state index in [0.29, 0.717) is 18.7 Å². The van der Waals surface area contributed by atoms with Crippen LogP contribution in [0.2, 0.25) is 0 Å². The molecule has 7 nitrogen and oxygen atoms in total. The summed E-state index contributed by atoms with van der Waals surface area (Å²) < 4.78 is 5.38. The Morgan fingerprint density at radius 1 is 1.53 bits per heavy atom. The first kappa shape index (κ1) is 11.7. The van der Waals surface area contributed by atoms with Crippen molar-refractivity contribution in [1.29, 1.82) is 0 Å². The Morgan fingerprint density at radius 3 is 3.11 bits per heavy atom. The number of nitrogens with zero attached hydrogens (tertiary/aromatic N) is 2. The number of aromatic nitrogens is 3. The first-order valence-electron chi connectivity index (χ1n) is 5.90. The van der Waals surface area contributed by atoms with Gasteiger partial charge in [0.2, 0.25) is 0 Å². The van der Waals surface area contributed by atoms with Crippen LogP contribution in [0.3, 0.4) is 0 Å². The molecule has 0 saturated heterocycles. The number of fused-ring (bicyclic) bond motifs is 3. The van der Waals surface area contributed by atoms with Crippen molar-refractivity contribution in [3.05, 3.63) is 34.1 Å². The van der Waals surface area contributed by atoms with Crippen LogP contribution in [0.5, 0.6) is 0 Å². The predicted octanol–water partition coefficient (Wildman–Crippen LogP) is 2.49. The van der Waals surface area contributed by atoms with Gasteiger partial charge < -0.3 is 14.9 Å². The molecule has 3 aromatic rings. The molecule has 2 heterocycles. The summed E-state index contributed by atoms with van der Waals surface area (Å²) >= 11 is 0. The zero-order chi connectivity index (χ0) is 13.4. The fraction of sp³-hybridized carbons (Fsp3) is 0.250. The predicted molar refractivity (Wildman–Crippen MR) is 69.9 cm³/mol. The highest BCUT2D eigenvalue weighted by atomic mass is 16.6. The lowest BCUT2D eigenvalue weighted by molar-refractivity contribution is -0.383. The van der Waals surface area contributed by atoms with E-state index in [-0.39, 0.29) is 5.69 Å². The van der Waals surface area contributed by atoms with Gasteiger partial charge in [-0.3, -0.25) is 10.1 Å². The van der Waals surface area contributed by atoms with Crippen LogP contribution < -0.4 is 0 Å². The third kappa shape index (κ3) is 1.75. The molecule has 0 amide bonds. The summed E-state index contributed by atoms with van der Waals surface area (Å²) in [4.78, 5) is 14.9. The summed E-state index contributed by atoms with van der Waals surface area (Å²) in [6, 6.07) is 1.52. The second-order valence-corrected chi connectivity index (χ2v) is 4.17. The van der Waals surface area contributed by atoms with Crippen molar-refractivity contribution in [3.8, 4) is 0 Å². The Balaban J connectivity index is 2.33. The standard InChI is InChI=1S/C12H12N4O3/c1-2-19-6-8-4-13-12-9(16(17)18)3-7-5-14-15-11(7)10(8)12/h3-5,14-15H,2,6H2,1H3. The first-order valence-corrected chi connectivity index (χ1v) is 5.90. The molecule has 0 aliphatic carbocycles. The lowest BCUT2D eigenvalue weighted by atomic mass is 10.1. The van der Waals surface area contributed by atoms with Crippen molar-refractivity contribution >= 4 is 27.5 Å². The summed E-state index contributed by atoms with van der Waals surface area (Å²) in [5.41, 5.74) is 2.07. The minimum absolute atomic E-state index is 0.0123. The smallest absolute Gasteiger partial charge is 0.296 e. The number of hydrogen-bond acceptors (Lipinski definition) is 4. The molecule has 98 valence electrons. The monoisotopic (exact) mass is 260 g/mol. The number of benzene rings is 1. The largest absolute Gasteiger partial charge is 0.377 e. The van der Waals surface area contributed by atoms with Gasteiger partial charge in [0.1, 0.15) is 0 Å². The van der Waals surface area contributed by atoms with Gasteiger partial charge in [-0.25, -0.2) is 4.98 Å². The van der Waals surface area contributed by atoms with Gasteiger partial charge in [-0.1, -0.05) is 0 Å². The second kappa shape index (κ2) is 4.36. The number of nitro groups is 1. The first-order chi connectivity index (χ1) is 9.22. The molecular weight excluding hydrogens is 248 g/mol. The van der Waals surface area contributed by atoms with E-state index in [1.54, 1.807) is 12.4 Å². The molecule has 0 radical (unpaired) electrons. The highest BCUT2D eigenvalue weighted by Gasteiger charge is 2.20. The van der Waals surface area contributed by atoms with E-state index in [4.69, 9.17) is 4.74 Å². The van der Waals surface area contributed by atoms with Crippen LogP contribution in [0, 0.1) is 10.1 Å². The Kier molecular flexibility index (Phi) is 2.68. The zero-order valence-electron chi connectivity index (χ0n) is 10.3. The normalized spacial score (nSPS) is 11.4. The SMILES string of the molecule is CCOCc1cnc2c([N+](=O)[O-])cc3c[nH][nH]c3c12. The molecule has 0 atom stereocenters. The van der Waals surface area contributed by atoms with Gasteiger partial charge >= 0.3 is 0 Å². The molecule has 1 aromatic carbocycles. The number of nitrogens with one attached hydrogen (secondary N) is 2. The summed E-state index contributed by atoms with van der Waals surface area (Å²) in [5, 5.41) is 18.5. The number of non-ortho nitro benzene ring substituents is 1. The molecule has 0 unspecified atom stereocenters. The lowest BCUT2D eigenvalue weighted by Crippen LogP contribution is -1.92. The van der Waals surface area contributed by atoms with Crippen LogP contribution in [-0.2, 0) is 11.3 Å². The van der Waals surface area contributed by atoms with E-state index in [2.05, 4.69) is 15.2 Å². The van der Waals surface area contributed by atoms with Crippen molar-refractivity contribution < 1.29 is 9.66 Å². The molecule has 7 heteroatoms. The highest BCUT2D eigenvalue weighted by Crippen LogP contribution is 2.33. The maximum Gasteiger partial charge on any atom is 0.296 e. The van der Waals surface area contributed by atoms with E-state index in [1.165, 1.54) is 6.07 Å². The molecule has 19 heavy (non-hydrogen) atoms. The molecule has 3 rings (SSSR count). The average Bonchev–Trinajstić information content (AvgIpc) is 3.00. The maximum atomic E-state index is 11.1. The molecule has 2 N–H and O–H groups in total. The molecule has 0 spiro atoms. The van der Waals surface area contributed by atoms with E-state index in [0.717, 1.165) is 21.9 Å². The van der Waals surface area contributed by atoms with Crippen LogP contribution in [0.4, 0.5) is 5.69 Å². The summed E-state index contributed by atoms with van der Waals surface area (Å²) in [7, 11) is 0. The third-order valence-electron chi connectivity index (χ3n) is 3.06. The Hall–Kier alpha value is -2.41. The van der Waals surface area contributed by atoms with Crippen LogP contribution in [-0.4, -0.2) is 26.7 Å². The van der Waals surface area contributed by atoms with Crippen LogP contribution in [0.1, 0.15) is 12.5 Å². The summed E-state index contributed by atoms with van der Waals surface area (Å²) in [6.45, 7) is 2.88. The molecule has 0 saturated carbocycles. The molecule has 0 aliphatic heterocycles. The zero-order valence-corrected chi connectivity index (χ0v) is 10.3. The highest BCUT2D eigenvalue weighted by molar-refractivity contribution is 6.09. The van der Waals surface area contributed by atoms with E-state index < -0.39 is 4.92 Å². The summed E-state index contributed by atoms with van der Waals surface area (Å²) in [6.07, 6.45) is 3.33. The molecule has 2 aromatic heterocycles. The van der Waals surface area contributed by atoms with Gasteiger partial charge in [0, 0.05) is 41.4 Å². The Labute approximate surface area is 107 Å².